The molecular weight excluding hydrogens is 441 g/mol. The van der Waals surface area contributed by atoms with Crippen LogP contribution < -0.4 is 5.43 Å². The molecule has 0 radical (unpaired) electrons. The Hall–Kier alpha value is -2.64. The molecular formula is C27H33F3N2O2. The first-order valence-corrected chi connectivity index (χ1v) is 11.6. The first kappa shape index (κ1) is 26.0. The quantitative estimate of drug-likeness (QED) is 0.445. The van der Waals surface area contributed by atoms with E-state index in [1.54, 1.807) is 38.1 Å². The van der Waals surface area contributed by atoms with Crippen LogP contribution in [0.3, 0.4) is 0 Å². The molecule has 0 saturated carbocycles. The lowest BCUT2D eigenvalue weighted by molar-refractivity contribution is -0.271. The van der Waals surface area contributed by atoms with Gasteiger partial charge in [0.1, 0.15) is 0 Å². The minimum atomic E-state index is -4.87. The Bertz CT molecular complexity index is 1180. The molecule has 1 unspecified atom stereocenters. The van der Waals surface area contributed by atoms with Gasteiger partial charge in [0.25, 0.3) is 0 Å². The molecule has 0 bridgehead atoms. The summed E-state index contributed by atoms with van der Waals surface area (Å²) < 4.78 is 44.3. The van der Waals surface area contributed by atoms with Crippen LogP contribution in [0, 0.1) is 0 Å². The Balaban J connectivity index is 1.97. The summed E-state index contributed by atoms with van der Waals surface area (Å²) in [5.41, 5.74) is -2.10. The predicted molar refractivity (Wildman–Crippen MR) is 130 cm³/mol. The lowest BCUT2D eigenvalue weighted by Gasteiger charge is -2.38. The number of halogens is 3. The molecule has 1 heterocycles. The molecule has 0 aliphatic carbocycles. The number of hydrogen-bond donors (Lipinski definition) is 1. The smallest absolute Gasteiger partial charge is 0.379 e. The zero-order valence-corrected chi connectivity index (χ0v) is 20.2. The van der Waals surface area contributed by atoms with Gasteiger partial charge in [0.05, 0.1) is 12.1 Å². The number of benzene rings is 2. The molecule has 0 spiro atoms. The van der Waals surface area contributed by atoms with Crippen molar-refractivity contribution in [1.29, 1.82) is 0 Å². The van der Waals surface area contributed by atoms with E-state index < -0.39 is 30.2 Å². The van der Waals surface area contributed by atoms with E-state index in [1.165, 1.54) is 16.8 Å². The van der Waals surface area contributed by atoms with E-state index in [0.717, 1.165) is 24.2 Å². The second kappa shape index (κ2) is 9.92. The first-order chi connectivity index (χ1) is 15.9. The number of nitrogens with zero attached hydrogens (tertiary/aromatic N) is 2. The molecule has 3 aromatic rings. The topological polar surface area (TPSA) is 45.5 Å². The Labute approximate surface area is 198 Å². The van der Waals surface area contributed by atoms with Crippen molar-refractivity contribution in [2.24, 2.45) is 0 Å². The van der Waals surface area contributed by atoms with Crippen LogP contribution in [0.4, 0.5) is 13.2 Å². The van der Waals surface area contributed by atoms with E-state index in [9.17, 15) is 23.1 Å². The SMILES string of the molecule is CCN(CC)Cc1cccc(C(C)(C)CC(O)(Cn2ccc(=O)c3ccccc32)C(F)(F)F)c1. The summed E-state index contributed by atoms with van der Waals surface area (Å²) in [6.07, 6.45) is -4.08. The molecule has 0 saturated heterocycles. The number of aromatic nitrogens is 1. The molecule has 0 aliphatic rings. The van der Waals surface area contributed by atoms with Gasteiger partial charge in [-0.25, -0.2) is 0 Å². The highest BCUT2D eigenvalue weighted by atomic mass is 19.4. The van der Waals surface area contributed by atoms with Gasteiger partial charge in [-0.3, -0.25) is 9.69 Å². The minimum absolute atomic E-state index is 0.271. The van der Waals surface area contributed by atoms with Crippen LogP contribution in [-0.2, 0) is 18.5 Å². The van der Waals surface area contributed by atoms with Crippen molar-refractivity contribution in [1.82, 2.24) is 9.47 Å². The second-order valence-corrected chi connectivity index (χ2v) is 9.58. The van der Waals surface area contributed by atoms with Crippen molar-refractivity contribution in [3.05, 3.63) is 82.1 Å². The Morgan fingerprint density at radius 3 is 2.29 bits per heavy atom. The minimum Gasteiger partial charge on any atom is -0.379 e. The molecule has 2 aromatic carbocycles. The highest BCUT2D eigenvalue weighted by Crippen LogP contribution is 2.42. The summed E-state index contributed by atoms with van der Waals surface area (Å²) in [7, 11) is 0. The maximum atomic E-state index is 14.3. The van der Waals surface area contributed by atoms with Crippen molar-refractivity contribution < 1.29 is 18.3 Å². The summed E-state index contributed by atoms with van der Waals surface area (Å²) >= 11 is 0. The van der Waals surface area contributed by atoms with Gasteiger partial charge < -0.3 is 9.67 Å². The average molecular weight is 475 g/mol. The molecule has 4 nitrogen and oxygen atoms in total. The van der Waals surface area contributed by atoms with Crippen LogP contribution in [0.15, 0.2) is 65.6 Å². The fraction of sp³-hybridized carbons (Fsp3) is 0.444. The third-order valence-corrected chi connectivity index (χ3v) is 6.59. The number of aliphatic hydroxyl groups is 1. The average Bonchev–Trinajstić information content (AvgIpc) is 2.78. The summed E-state index contributed by atoms with van der Waals surface area (Å²) in [6, 6.07) is 15.3. The Morgan fingerprint density at radius 2 is 1.65 bits per heavy atom. The molecule has 34 heavy (non-hydrogen) atoms. The van der Waals surface area contributed by atoms with Gasteiger partial charge in [0.2, 0.25) is 0 Å². The Morgan fingerprint density at radius 1 is 0.971 bits per heavy atom. The van der Waals surface area contributed by atoms with Gasteiger partial charge in [0.15, 0.2) is 11.0 Å². The highest BCUT2D eigenvalue weighted by molar-refractivity contribution is 5.78. The van der Waals surface area contributed by atoms with Crippen molar-refractivity contribution >= 4 is 10.9 Å². The summed E-state index contributed by atoms with van der Waals surface area (Å²) in [4.78, 5) is 14.4. The number of alkyl halides is 3. The second-order valence-electron chi connectivity index (χ2n) is 9.58. The summed E-state index contributed by atoms with van der Waals surface area (Å²) in [5, 5.41) is 11.4. The van der Waals surface area contributed by atoms with E-state index in [0.29, 0.717) is 17.4 Å². The van der Waals surface area contributed by atoms with Crippen LogP contribution >= 0.6 is 0 Å². The number of pyridine rings is 1. The maximum absolute atomic E-state index is 14.3. The van der Waals surface area contributed by atoms with Gasteiger partial charge in [-0.05, 0) is 48.2 Å². The van der Waals surface area contributed by atoms with Gasteiger partial charge in [-0.1, -0.05) is 64.1 Å². The van der Waals surface area contributed by atoms with Crippen LogP contribution in [0.25, 0.3) is 10.9 Å². The standard InChI is InChI=1S/C27H33F3N2O2/c1-5-31(6-2)17-20-10-9-11-21(16-20)25(3,4)18-26(34,27(28,29)30)19-32-15-14-24(33)22-12-7-8-13-23(22)32/h7-16,34H,5-6,17-19H2,1-4H3. The zero-order valence-electron chi connectivity index (χ0n) is 20.2. The molecule has 3 rings (SSSR count). The number of hydrogen-bond acceptors (Lipinski definition) is 3. The normalized spacial score (nSPS) is 14.5. The molecule has 7 heteroatoms. The van der Waals surface area contributed by atoms with Crippen LogP contribution in [0.5, 0.6) is 0 Å². The largest absolute Gasteiger partial charge is 0.418 e. The Kier molecular flexibility index (Phi) is 7.58. The van der Waals surface area contributed by atoms with Crippen molar-refractivity contribution in [2.75, 3.05) is 13.1 Å². The number of para-hydroxylation sites is 1. The van der Waals surface area contributed by atoms with Crippen molar-refractivity contribution in [3.8, 4) is 0 Å². The fourth-order valence-electron chi connectivity index (χ4n) is 4.55. The fourth-order valence-corrected chi connectivity index (χ4v) is 4.55. The maximum Gasteiger partial charge on any atom is 0.418 e. The highest BCUT2D eigenvalue weighted by Gasteiger charge is 2.56. The monoisotopic (exact) mass is 474 g/mol. The molecule has 0 aliphatic heterocycles. The van der Waals surface area contributed by atoms with E-state index in [-0.39, 0.29) is 5.43 Å². The van der Waals surface area contributed by atoms with Gasteiger partial charge in [0, 0.05) is 24.2 Å². The molecule has 1 aromatic heterocycles. The van der Waals surface area contributed by atoms with Crippen LogP contribution in [0.1, 0.15) is 45.2 Å². The first-order valence-electron chi connectivity index (χ1n) is 11.6. The predicted octanol–water partition coefficient (Wildman–Crippen LogP) is 5.50. The van der Waals surface area contributed by atoms with Crippen LogP contribution in [-0.4, -0.2) is 39.4 Å². The van der Waals surface area contributed by atoms with Gasteiger partial charge in [-0.2, -0.15) is 13.2 Å². The van der Waals surface area contributed by atoms with E-state index in [2.05, 4.69) is 18.7 Å². The lowest BCUT2D eigenvalue weighted by Crippen LogP contribution is -2.52. The van der Waals surface area contributed by atoms with E-state index in [4.69, 9.17) is 0 Å². The van der Waals surface area contributed by atoms with Crippen molar-refractivity contribution in [3.63, 3.8) is 0 Å². The van der Waals surface area contributed by atoms with E-state index >= 15 is 0 Å². The van der Waals surface area contributed by atoms with E-state index in [1.807, 2.05) is 24.3 Å². The molecule has 0 amide bonds. The third-order valence-electron chi connectivity index (χ3n) is 6.59. The van der Waals surface area contributed by atoms with Gasteiger partial charge in [-0.15, -0.1) is 0 Å². The third kappa shape index (κ3) is 5.53. The number of rotatable bonds is 9. The zero-order chi connectivity index (χ0) is 25.1. The van der Waals surface area contributed by atoms with Crippen molar-refractivity contribution in [2.45, 2.75) is 64.4 Å². The molecule has 0 fully saturated rings. The molecule has 1 atom stereocenters. The lowest BCUT2D eigenvalue weighted by atomic mass is 9.74. The van der Waals surface area contributed by atoms with Crippen LogP contribution in [0.2, 0.25) is 0 Å². The summed E-state index contributed by atoms with van der Waals surface area (Å²) in [6.45, 7) is 9.36. The number of fused-ring (bicyclic) bond motifs is 1. The summed E-state index contributed by atoms with van der Waals surface area (Å²) in [5.74, 6) is 0. The van der Waals surface area contributed by atoms with Gasteiger partial charge >= 0.3 is 6.18 Å². The molecule has 184 valence electrons. The molecule has 1 N–H and O–H groups in total.